The fourth-order valence-corrected chi connectivity index (χ4v) is 3.50. The Kier molecular flexibility index (Phi) is 4.84. The normalized spacial score (nSPS) is 10.7. The predicted molar refractivity (Wildman–Crippen MR) is 96.0 cm³/mol. The molecular weight excluding hydrogens is 400 g/mol. The summed E-state index contributed by atoms with van der Waals surface area (Å²) in [6, 6.07) is 9.07. The zero-order valence-corrected chi connectivity index (χ0v) is 15.3. The third-order valence-electron chi connectivity index (χ3n) is 3.05. The van der Waals surface area contributed by atoms with Gasteiger partial charge in [0.1, 0.15) is 5.76 Å². The Balaban J connectivity index is 1.67. The van der Waals surface area contributed by atoms with E-state index in [0.717, 1.165) is 21.0 Å². The first-order valence-electron chi connectivity index (χ1n) is 6.77. The number of benzene rings is 1. The fourth-order valence-electron chi connectivity index (χ4n) is 2.00. The number of aromatic nitrogens is 1. The first kappa shape index (κ1) is 16.2. The zero-order chi connectivity index (χ0) is 16.4. The van der Waals surface area contributed by atoms with Gasteiger partial charge in [-0.2, -0.15) is 0 Å². The van der Waals surface area contributed by atoms with E-state index in [1.54, 1.807) is 12.1 Å². The summed E-state index contributed by atoms with van der Waals surface area (Å²) in [4.78, 5) is 16.6. The molecule has 0 bridgehead atoms. The maximum Gasteiger partial charge on any atom is 0.230 e. The highest BCUT2D eigenvalue weighted by Crippen LogP contribution is 2.27. The first-order valence-corrected chi connectivity index (χ1v) is 8.82. The van der Waals surface area contributed by atoms with Gasteiger partial charge in [0.2, 0.25) is 5.91 Å². The molecule has 7 heteroatoms. The van der Waals surface area contributed by atoms with Gasteiger partial charge in [0.15, 0.2) is 10.8 Å². The molecule has 0 saturated heterocycles. The second-order valence-corrected chi connectivity index (χ2v) is 7.08. The number of carbonyl (C=O) groups is 1. The number of nitrogens with one attached hydrogen (secondary N) is 1. The number of hydrogen-bond donors (Lipinski definition) is 1. The average molecular weight is 412 g/mol. The zero-order valence-electron chi connectivity index (χ0n) is 12.1. The predicted octanol–water partition coefficient (Wildman–Crippen LogP) is 5.31. The number of rotatable bonds is 4. The van der Waals surface area contributed by atoms with Crippen molar-refractivity contribution in [1.82, 2.24) is 4.98 Å². The van der Waals surface area contributed by atoms with E-state index in [1.165, 1.54) is 11.3 Å². The van der Waals surface area contributed by atoms with Crippen molar-refractivity contribution in [2.24, 2.45) is 0 Å². The SMILES string of the molecule is Cc1ccc(-c2nc(CC(=O)Nc3ccc(Br)cc3Cl)cs2)o1. The molecule has 0 unspecified atom stereocenters. The fraction of sp³-hybridized carbons (Fsp3) is 0.125. The molecule has 0 aliphatic heterocycles. The quantitative estimate of drug-likeness (QED) is 0.633. The van der Waals surface area contributed by atoms with Crippen LogP contribution in [-0.4, -0.2) is 10.9 Å². The van der Waals surface area contributed by atoms with Crippen LogP contribution in [0.3, 0.4) is 0 Å². The number of aryl methyl sites for hydroxylation is 1. The molecule has 0 radical (unpaired) electrons. The Morgan fingerprint density at radius 3 is 2.91 bits per heavy atom. The third-order valence-corrected chi connectivity index (χ3v) is 4.76. The number of carbonyl (C=O) groups excluding carboxylic acids is 1. The van der Waals surface area contributed by atoms with Gasteiger partial charge in [-0.1, -0.05) is 27.5 Å². The van der Waals surface area contributed by atoms with Crippen LogP contribution >= 0.6 is 38.9 Å². The Hall–Kier alpha value is -1.63. The number of thiazole rings is 1. The Bertz CT molecular complexity index is 859. The second kappa shape index (κ2) is 6.86. The summed E-state index contributed by atoms with van der Waals surface area (Å²) in [5.74, 6) is 1.39. The summed E-state index contributed by atoms with van der Waals surface area (Å²) in [5.41, 5.74) is 1.28. The molecular formula is C16H12BrClN2O2S. The summed E-state index contributed by atoms with van der Waals surface area (Å²) in [5, 5.41) is 5.90. The summed E-state index contributed by atoms with van der Waals surface area (Å²) in [6.45, 7) is 1.88. The van der Waals surface area contributed by atoms with Crippen molar-refractivity contribution in [3.63, 3.8) is 0 Å². The van der Waals surface area contributed by atoms with Gasteiger partial charge in [0.25, 0.3) is 0 Å². The van der Waals surface area contributed by atoms with Crippen LogP contribution in [-0.2, 0) is 11.2 Å². The highest BCUT2D eigenvalue weighted by molar-refractivity contribution is 9.10. The van der Waals surface area contributed by atoms with E-state index < -0.39 is 0 Å². The first-order chi connectivity index (χ1) is 11.0. The molecule has 0 aliphatic rings. The molecule has 0 fully saturated rings. The smallest absolute Gasteiger partial charge is 0.230 e. The van der Waals surface area contributed by atoms with Crippen LogP contribution in [0.25, 0.3) is 10.8 Å². The molecule has 0 saturated carbocycles. The highest BCUT2D eigenvalue weighted by atomic mass is 79.9. The molecule has 1 amide bonds. The summed E-state index contributed by atoms with van der Waals surface area (Å²) in [7, 11) is 0. The molecule has 2 heterocycles. The molecule has 2 aromatic heterocycles. The van der Waals surface area contributed by atoms with E-state index in [0.29, 0.717) is 16.4 Å². The van der Waals surface area contributed by atoms with Gasteiger partial charge in [0.05, 0.1) is 22.8 Å². The van der Waals surface area contributed by atoms with Gasteiger partial charge in [0, 0.05) is 9.85 Å². The minimum atomic E-state index is -0.165. The van der Waals surface area contributed by atoms with Crippen LogP contribution in [0.15, 0.2) is 44.6 Å². The number of nitrogens with zero attached hydrogens (tertiary/aromatic N) is 1. The molecule has 23 heavy (non-hydrogen) atoms. The van der Waals surface area contributed by atoms with Crippen molar-refractivity contribution >= 4 is 50.5 Å². The van der Waals surface area contributed by atoms with Crippen LogP contribution in [0, 0.1) is 6.92 Å². The molecule has 0 aliphatic carbocycles. The molecule has 118 valence electrons. The number of anilines is 1. The van der Waals surface area contributed by atoms with E-state index in [2.05, 4.69) is 26.2 Å². The van der Waals surface area contributed by atoms with E-state index in [9.17, 15) is 4.79 Å². The van der Waals surface area contributed by atoms with Gasteiger partial charge in [-0.05, 0) is 37.3 Å². The Labute approximate surface area is 150 Å². The van der Waals surface area contributed by atoms with Crippen molar-refractivity contribution < 1.29 is 9.21 Å². The summed E-state index contributed by atoms with van der Waals surface area (Å²) in [6.07, 6.45) is 0.183. The van der Waals surface area contributed by atoms with Gasteiger partial charge in [-0.15, -0.1) is 11.3 Å². The topological polar surface area (TPSA) is 55.1 Å². The third kappa shape index (κ3) is 4.02. The van der Waals surface area contributed by atoms with Gasteiger partial charge < -0.3 is 9.73 Å². The molecule has 3 aromatic rings. The van der Waals surface area contributed by atoms with E-state index in [1.807, 2.05) is 30.5 Å². The highest BCUT2D eigenvalue weighted by Gasteiger charge is 2.12. The van der Waals surface area contributed by atoms with Crippen molar-refractivity contribution in [1.29, 1.82) is 0 Å². The summed E-state index contributed by atoms with van der Waals surface area (Å²) >= 11 is 10.9. The van der Waals surface area contributed by atoms with Crippen LogP contribution in [0.5, 0.6) is 0 Å². The maximum atomic E-state index is 12.1. The standard InChI is InChI=1S/C16H12BrClN2O2S/c1-9-2-5-14(22-9)16-19-11(8-23-16)7-15(21)20-13-4-3-10(17)6-12(13)18/h2-6,8H,7H2,1H3,(H,20,21). The van der Waals surface area contributed by atoms with Crippen molar-refractivity contribution in [3.05, 3.63) is 56.7 Å². The lowest BCUT2D eigenvalue weighted by atomic mass is 10.3. The largest absolute Gasteiger partial charge is 0.459 e. The van der Waals surface area contributed by atoms with Crippen molar-refractivity contribution in [3.8, 4) is 10.8 Å². The van der Waals surface area contributed by atoms with E-state index in [4.69, 9.17) is 16.0 Å². The molecule has 4 nitrogen and oxygen atoms in total. The lowest BCUT2D eigenvalue weighted by molar-refractivity contribution is -0.115. The second-order valence-electron chi connectivity index (χ2n) is 4.90. The molecule has 0 spiro atoms. The Morgan fingerprint density at radius 2 is 2.22 bits per heavy atom. The lowest BCUT2D eigenvalue weighted by Crippen LogP contribution is -2.14. The van der Waals surface area contributed by atoms with Gasteiger partial charge in [-0.25, -0.2) is 4.98 Å². The average Bonchev–Trinajstić information content (AvgIpc) is 3.11. The lowest BCUT2D eigenvalue weighted by Gasteiger charge is -2.06. The van der Waals surface area contributed by atoms with Gasteiger partial charge >= 0.3 is 0 Å². The van der Waals surface area contributed by atoms with Crippen LogP contribution in [0.4, 0.5) is 5.69 Å². The van der Waals surface area contributed by atoms with Crippen LogP contribution < -0.4 is 5.32 Å². The molecule has 0 atom stereocenters. The van der Waals surface area contributed by atoms with E-state index >= 15 is 0 Å². The monoisotopic (exact) mass is 410 g/mol. The van der Waals surface area contributed by atoms with Crippen molar-refractivity contribution in [2.75, 3.05) is 5.32 Å². The minimum Gasteiger partial charge on any atom is -0.459 e. The van der Waals surface area contributed by atoms with Crippen molar-refractivity contribution in [2.45, 2.75) is 13.3 Å². The maximum absolute atomic E-state index is 12.1. The van der Waals surface area contributed by atoms with Gasteiger partial charge in [-0.3, -0.25) is 4.79 Å². The molecule has 3 rings (SSSR count). The Morgan fingerprint density at radius 1 is 1.39 bits per heavy atom. The van der Waals surface area contributed by atoms with Crippen LogP contribution in [0.1, 0.15) is 11.5 Å². The number of amides is 1. The number of hydrogen-bond acceptors (Lipinski definition) is 4. The molecule has 1 N–H and O–H groups in total. The number of halogens is 2. The van der Waals surface area contributed by atoms with E-state index in [-0.39, 0.29) is 12.3 Å². The molecule has 1 aromatic carbocycles. The summed E-state index contributed by atoms with van der Waals surface area (Å²) < 4.78 is 6.40. The van der Waals surface area contributed by atoms with Crippen LogP contribution in [0.2, 0.25) is 5.02 Å². The minimum absolute atomic E-state index is 0.165. The number of furan rings is 1.